The summed E-state index contributed by atoms with van der Waals surface area (Å²) >= 11 is 0. The van der Waals surface area contributed by atoms with Crippen molar-refractivity contribution in [2.75, 3.05) is 13.1 Å². The molecule has 0 saturated carbocycles. The maximum absolute atomic E-state index is 7.32. The molecule has 0 aliphatic carbocycles. The maximum atomic E-state index is 7.32. The standard InChI is InChI=1S/C20H26N4.2C2H3N.12FH.Fe.2Sb/c1-3-11-21-17(7-1)15-23-13-5-9-19(23)20-10-6-14-24(20)16-18-8-2-4-12-22-18;2*1-2-3;;;;;;;;;;;;;;;/h1-4,7-8,11-12,19-20H,5-6,9-10,13-16H2;2*1H3;12*1H;;;/q;;;;;;;;;;;;;;;+2;2*+5/p-12. The molecule has 2 fully saturated rings. The van der Waals surface area contributed by atoms with Gasteiger partial charge in [-0.15, -0.1) is 0 Å². The Morgan fingerprint density at radius 1 is 0.600 bits per heavy atom. The second kappa shape index (κ2) is 55.0. The van der Waals surface area contributed by atoms with Gasteiger partial charge in [0, 0.05) is 51.4 Å². The van der Waals surface area contributed by atoms with E-state index in [9.17, 15) is 0 Å². The Bertz CT molecular complexity index is 781. The van der Waals surface area contributed by atoms with Crippen molar-refractivity contribution in [3.05, 3.63) is 60.2 Å². The first-order valence-corrected chi connectivity index (χ1v) is 10.6. The van der Waals surface area contributed by atoms with Crippen molar-refractivity contribution in [1.29, 1.82) is 10.5 Å². The van der Waals surface area contributed by atoms with Crippen molar-refractivity contribution in [1.82, 2.24) is 19.8 Å². The maximum Gasteiger partial charge on any atom is 5.00 e. The Labute approximate surface area is 301 Å². The summed E-state index contributed by atoms with van der Waals surface area (Å²) in [5.41, 5.74) is 2.39. The van der Waals surface area contributed by atoms with Crippen molar-refractivity contribution < 1.29 is 73.5 Å². The molecule has 21 heteroatoms. The van der Waals surface area contributed by atoms with Gasteiger partial charge in [-0.1, -0.05) is 12.1 Å². The number of pyridine rings is 2. The fourth-order valence-electron chi connectivity index (χ4n) is 4.37. The van der Waals surface area contributed by atoms with E-state index in [1.54, 1.807) is 12.1 Å². The topological polar surface area (TPSA) is 79.8 Å². The molecule has 4 heterocycles. The number of hydrogen-bond acceptors (Lipinski definition) is 6. The number of nitrogens with zero attached hydrogens (tertiary/aromatic N) is 6. The number of aromatic nitrogens is 2. The van der Waals surface area contributed by atoms with Gasteiger partial charge in [-0.05, 0) is 63.0 Å². The molecule has 2 unspecified atom stereocenters. The molecule has 45 heavy (non-hydrogen) atoms. The van der Waals surface area contributed by atoms with Crippen molar-refractivity contribution in [3.8, 4) is 12.1 Å². The molecule has 0 N–H and O–H groups in total. The van der Waals surface area contributed by atoms with Gasteiger partial charge in [0.1, 0.15) is 0 Å². The van der Waals surface area contributed by atoms with Gasteiger partial charge in [-0.2, -0.15) is 10.5 Å². The summed E-state index contributed by atoms with van der Waals surface area (Å²) in [5, 5.41) is 14.6. The quantitative estimate of drug-likeness (QED) is 0.220. The number of hydrogen-bond donors (Lipinski definition) is 0. The first-order valence-electron chi connectivity index (χ1n) is 10.6. The zero-order valence-electron chi connectivity index (χ0n) is 23.9. The molecule has 0 radical (unpaired) electrons. The third kappa shape index (κ3) is 32.3. The number of rotatable bonds is 5. The zero-order valence-corrected chi connectivity index (χ0v) is 30.1. The SMILES string of the molecule is CC#N.CC#N.[F-].[F-].[F-].[F-].[F-].[F-].[F-].[F-].[F-].[F-].[F-].[F-].[Fe+2].[Sb+5].[Sb+5].c1ccc(CN2CCCC2C2CCCN2Cc2ccccn2)nc1. The molecule has 2 aliphatic rings. The summed E-state index contributed by atoms with van der Waals surface area (Å²) < 4.78 is 0. The van der Waals surface area contributed by atoms with Crippen LogP contribution in [0.5, 0.6) is 0 Å². The number of halogens is 12. The van der Waals surface area contributed by atoms with Gasteiger partial charge >= 0.3 is 65.9 Å². The second-order valence-corrected chi connectivity index (χ2v) is 7.45. The summed E-state index contributed by atoms with van der Waals surface area (Å²) in [5.74, 6) is 0. The van der Waals surface area contributed by atoms with Gasteiger partial charge in [0.2, 0.25) is 0 Å². The fraction of sp³-hybridized carbons (Fsp3) is 0.500. The Balaban J connectivity index is -0.0000000357. The summed E-state index contributed by atoms with van der Waals surface area (Å²) in [6.07, 6.45) is 9.07. The van der Waals surface area contributed by atoms with Crippen LogP contribution in [0.15, 0.2) is 48.8 Å². The normalized spacial score (nSPS) is 13.9. The molecule has 0 aromatic carbocycles. The van der Waals surface area contributed by atoms with Gasteiger partial charge in [-0.25, -0.2) is 0 Å². The van der Waals surface area contributed by atoms with Crippen LogP contribution in [0.1, 0.15) is 50.9 Å². The van der Waals surface area contributed by atoms with Gasteiger partial charge < -0.3 is 56.5 Å². The van der Waals surface area contributed by atoms with Crippen LogP contribution < -0.4 is 56.5 Å². The Morgan fingerprint density at radius 2 is 0.867 bits per heavy atom. The van der Waals surface area contributed by atoms with Gasteiger partial charge in [0.15, 0.2) is 0 Å². The number of likely N-dealkylation sites (tertiary alicyclic amines) is 2. The molecular formula is C24H32F12FeN6Sb2. The van der Waals surface area contributed by atoms with Gasteiger partial charge in [-0.3, -0.25) is 19.8 Å². The average Bonchev–Trinajstić information content (AvgIpc) is 3.40. The van der Waals surface area contributed by atoms with E-state index in [0.29, 0.717) is 12.1 Å². The van der Waals surface area contributed by atoms with E-state index in [1.165, 1.54) is 64.0 Å². The third-order valence-corrected chi connectivity index (χ3v) is 5.46. The molecule has 2 aliphatic heterocycles. The van der Waals surface area contributed by atoms with Crippen LogP contribution in [0.25, 0.3) is 0 Å². The van der Waals surface area contributed by atoms with E-state index in [2.05, 4.69) is 44.0 Å². The minimum atomic E-state index is 0. The molecule has 2 aromatic rings. The van der Waals surface area contributed by atoms with E-state index in [0.717, 1.165) is 13.1 Å². The van der Waals surface area contributed by atoms with E-state index in [4.69, 9.17) is 10.5 Å². The Kier molecular flexibility index (Phi) is 110. The van der Waals surface area contributed by atoms with E-state index in [1.807, 2.05) is 24.5 Å². The first-order chi connectivity index (χ1) is 14.7. The van der Waals surface area contributed by atoms with Crippen LogP contribution in [0, 0.1) is 22.7 Å². The van der Waals surface area contributed by atoms with Crippen LogP contribution in [-0.4, -0.2) is 93.8 Å². The average molecular weight is 932 g/mol. The van der Waals surface area contributed by atoms with Gasteiger partial charge in [0.25, 0.3) is 0 Å². The summed E-state index contributed by atoms with van der Waals surface area (Å²) in [7, 11) is 0. The Hall–Kier alpha value is -1.48. The third-order valence-electron chi connectivity index (χ3n) is 5.46. The molecule has 2 aromatic heterocycles. The van der Waals surface area contributed by atoms with Crippen molar-refractivity contribution >= 4 is 48.9 Å². The van der Waals surface area contributed by atoms with Crippen LogP contribution >= 0.6 is 0 Å². The minimum absolute atomic E-state index is 0. The van der Waals surface area contributed by atoms with Crippen LogP contribution in [-0.2, 0) is 30.2 Å². The van der Waals surface area contributed by atoms with Crippen molar-refractivity contribution in [2.45, 2.75) is 64.7 Å². The van der Waals surface area contributed by atoms with E-state index >= 15 is 0 Å². The summed E-state index contributed by atoms with van der Waals surface area (Å²) in [6, 6.07) is 17.3. The van der Waals surface area contributed by atoms with Crippen LogP contribution in [0.4, 0.5) is 0 Å². The molecule has 0 amide bonds. The second-order valence-electron chi connectivity index (χ2n) is 7.45. The zero-order chi connectivity index (χ0) is 21.6. The smallest absolute Gasteiger partial charge is 1.00 e. The molecule has 2 atom stereocenters. The summed E-state index contributed by atoms with van der Waals surface area (Å²) in [4.78, 5) is 14.4. The molecule has 0 spiro atoms. The molecule has 4 rings (SSSR count). The molecular weight excluding hydrogens is 900 g/mol. The van der Waals surface area contributed by atoms with Crippen molar-refractivity contribution in [2.24, 2.45) is 0 Å². The molecule has 2 saturated heterocycles. The predicted octanol–water partition coefficient (Wildman–Crippen LogP) is -32.6. The fourth-order valence-corrected chi connectivity index (χ4v) is 4.37. The molecule has 0 bridgehead atoms. The van der Waals surface area contributed by atoms with E-state index < -0.39 is 0 Å². The van der Waals surface area contributed by atoms with Crippen LogP contribution in [0.3, 0.4) is 0 Å². The summed E-state index contributed by atoms with van der Waals surface area (Å²) in [6.45, 7) is 7.24. The Morgan fingerprint density at radius 3 is 1.09 bits per heavy atom. The minimum Gasteiger partial charge on any atom is -1.00 e. The van der Waals surface area contributed by atoms with Gasteiger partial charge in [0.05, 0.1) is 23.5 Å². The van der Waals surface area contributed by atoms with Crippen LogP contribution in [0.2, 0.25) is 0 Å². The molecule has 6 nitrogen and oxygen atoms in total. The van der Waals surface area contributed by atoms with E-state index in [-0.39, 0.29) is 122 Å². The number of nitriles is 2. The largest absolute Gasteiger partial charge is 5.00 e. The van der Waals surface area contributed by atoms with Crippen molar-refractivity contribution in [3.63, 3.8) is 0 Å². The first kappa shape index (κ1) is 90.3. The monoisotopic (exact) mass is 930 g/mol. The predicted molar refractivity (Wildman–Crippen MR) is 129 cm³/mol. The molecule has 260 valence electrons.